The molecule has 1 unspecified atom stereocenters. The molecule has 2 rings (SSSR count). The van der Waals surface area contributed by atoms with Gasteiger partial charge in [0.25, 0.3) is 0 Å². The van der Waals surface area contributed by atoms with E-state index >= 15 is 0 Å². The van der Waals surface area contributed by atoms with E-state index in [4.69, 9.17) is 0 Å². The minimum atomic E-state index is -0.641. The Hall–Kier alpha value is -0.860. The molecule has 2 nitrogen and oxygen atoms in total. The van der Waals surface area contributed by atoms with Crippen LogP contribution in [0.5, 0.6) is 0 Å². The Balaban J connectivity index is 2.20. The molecule has 0 spiro atoms. The second-order valence-corrected chi connectivity index (χ2v) is 5.91. The van der Waals surface area contributed by atoms with Crippen molar-refractivity contribution in [2.45, 2.75) is 45.3 Å². The smallest absolute Gasteiger partial charge is 0.103 e. The van der Waals surface area contributed by atoms with E-state index in [-0.39, 0.29) is 0 Å². The molecule has 0 saturated carbocycles. The van der Waals surface area contributed by atoms with Crippen LogP contribution in [0.3, 0.4) is 0 Å². The predicted octanol–water partition coefficient (Wildman–Crippen LogP) is 1.60. The normalized spacial score (nSPS) is 36.6. The number of rotatable bonds is 3. The molecule has 1 aliphatic rings. The Morgan fingerprint density at radius 1 is 1.28 bits per heavy atom. The van der Waals surface area contributed by atoms with Crippen LogP contribution in [0.25, 0.3) is 0 Å². The van der Waals surface area contributed by atoms with E-state index in [1.165, 1.54) is 13.0 Å². The molecule has 0 radical (unpaired) electrons. The van der Waals surface area contributed by atoms with E-state index in [0.29, 0.717) is 12.0 Å². The lowest BCUT2D eigenvalue weighted by molar-refractivity contribution is -0.935. The first-order valence-electron chi connectivity index (χ1n) is 7.20. The lowest BCUT2D eigenvalue weighted by Crippen LogP contribution is -3.17. The summed E-state index contributed by atoms with van der Waals surface area (Å²) in [5.41, 5.74) is 0.442. The molecular formula is C16H26NO+. The number of aliphatic hydroxyl groups is 1. The highest BCUT2D eigenvalue weighted by atomic mass is 16.3. The number of benzene rings is 1. The molecule has 2 heteroatoms. The quantitative estimate of drug-likeness (QED) is 0.834. The maximum atomic E-state index is 11.1. The van der Waals surface area contributed by atoms with E-state index in [2.05, 4.69) is 32.9 Å². The van der Waals surface area contributed by atoms with Gasteiger partial charge in [-0.05, 0) is 18.9 Å². The highest BCUT2D eigenvalue weighted by Crippen LogP contribution is 2.35. The SMILES string of the molecule is CCC[NH+]1C[C@H](C)[C@](O)(c2ccccc2)C[C@@H]1C. The molecule has 1 aliphatic heterocycles. The molecule has 0 aromatic heterocycles. The summed E-state index contributed by atoms with van der Waals surface area (Å²) >= 11 is 0. The number of hydrogen-bond acceptors (Lipinski definition) is 1. The summed E-state index contributed by atoms with van der Waals surface area (Å²) in [6.45, 7) is 8.98. The van der Waals surface area contributed by atoms with Crippen LogP contribution in [0.4, 0.5) is 0 Å². The first kappa shape index (κ1) is 13.6. The maximum absolute atomic E-state index is 11.1. The predicted molar refractivity (Wildman–Crippen MR) is 74.6 cm³/mol. The second-order valence-electron chi connectivity index (χ2n) is 5.91. The van der Waals surface area contributed by atoms with Crippen LogP contribution in [0.15, 0.2) is 30.3 Å². The van der Waals surface area contributed by atoms with Gasteiger partial charge in [-0.2, -0.15) is 0 Å². The van der Waals surface area contributed by atoms with Gasteiger partial charge in [0.05, 0.1) is 19.1 Å². The van der Waals surface area contributed by atoms with Crippen molar-refractivity contribution in [3.8, 4) is 0 Å². The number of quaternary nitrogens is 1. The monoisotopic (exact) mass is 248 g/mol. The molecule has 1 heterocycles. The third-order valence-corrected chi connectivity index (χ3v) is 4.54. The Morgan fingerprint density at radius 3 is 2.56 bits per heavy atom. The Kier molecular flexibility index (Phi) is 4.08. The van der Waals surface area contributed by atoms with E-state index in [9.17, 15) is 5.11 Å². The summed E-state index contributed by atoms with van der Waals surface area (Å²) in [4.78, 5) is 1.64. The van der Waals surface area contributed by atoms with Crippen molar-refractivity contribution in [2.75, 3.05) is 13.1 Å². The fourth-order valence-corrected chi connectivity index (χ4v) is 3.37. The fourth-order valence-electron chi connectivity index (χ4n) is 3.37. The van der Waals surface area contributed by atoms with Gasteiger partial charge < -0.3 is 10.0 Å². The highest BCUT2D eigenvalue weighted by molar-refractivity contribution is 5.23. The molecule has 0 aliphatic carbocycles. The summed E-state index contributed by atoms with van der Waals surface area (Å²) in [5.74, 6) is 0.317. The number of nitrogens with one attached hydrogen (secondary N) is 1. The van der Waals surface area contributed by atoms with Crippen molar-refractivity contribution >= 4 is 0 Å². The third-order valence-electron chi connectivity index (χ3n) is 4.54. The first-order chi connectivity index (χ1) is 8.58. The van der Waals surface area contributed by atoms with Gasteiger partial charge in [0.15, 0.2) is 0 Å². The Morgan fingerprint density at radius 2 is 1.94 bits per heavy atom. The van der Waals surface area contributed by atoms with Gasteiger partial charge in [0.2, 0.25) is 0 Å². The summed E-state index contributed by atoms with van der Waals surface area (Å²) in [7, 11) is 0. The highest BCUT2D eigenvalue weighted by Gasteiger charge is 2.45. The van der Waals surface area contributed by atoms with E-state index in [1.54, 1.807) is 4.90 Å². The lowest BCUT2D eigenvalue weighted by atomic mass is 9.74. The van der Waals surface area contributed by atoms with Crippen molar-refractivity contribution in [1.29, 1.82) is 0 Å². The van der Waals surface area contributed by atoms with Crippen LogP contribution in [-0.4, -0.2) is 24.2 Å². The van der Waals surface area contributed by atoms with Gasteiger partial charge in [-0.3, -0.25) is 0 Å². The van der Waals surface area contributed by atoms with Crippen LogP contribution in [-0.2, 0) is 5.60 Å². The van der Waals surface area contributed by atoms with Gasteiger partial charge in [-0.25, -0.2) is 0 Å². The number of piperidine rings is 1. The maximum Gasteiger partial charge on any atom is 0.103 e. The van der Waals surface area contributed by atoms with Crippen LogP contribution < -0.4 is 4.90 Å². The summed E-state index contributed by atoms with van der Waals surface area (Å²) in [5, 5.41) is 11.1. The van der Waals surface area contributed by atoms with Gasteiger partial charge in [0, 0.05) is 12.3 Å². The number of likely N-dealkylation sites (tertiary alicyclic amines) is 1. The largest absolute Gasteiger partial charge is 0.384 e. The van der Waals surface area contributed by atoms with Crippen LogP contribution >= 0.6 is 0 Å². The molecule has 0 bridgehead atoms. The Bertz CT molecular complexity index is 378. The van der Waals surface area contributed by atoms with Crippen molar-refractivity contribution in [2.24, 2.45) is 5.92 Å². The minimum absolute atomic E-state index is 0.317. The van der Waals surface area contributed by atoms with Crippen LogP contribution in [0.1, 0.15) is 39.2 Å². The van der Waals surface area contributed by atoms with E-state index in [1.807, 2.05) is 18.2 Å². The summed E-state index contributed by atoms with van der Waals surface area (Å²) in [6.07, 6.45) is 2.09. The molecule has 18 heavy (non-hydrogen) atoms. The topological polar surface area (TPSA) is 24.7 Å². The van der Waals surface area contributed by atoms with Gasteiger partial charge in [0.1, 0.15) is 5.60 Å². The van der Waals surface area contributed by atoms with Crippen molar-refractivity contribution in [1.82, 2.24) is 0 Å². The molecular weight excluding hydrogens is 222 g/mol. The van der Waals surface area contributed by atoms with E-state index in [0.717, 1.165) is 18.5 Å². The zero-order chi connectivity index (χ0) is 13.2. The first-order valence-corrected chi connectivity index (χ1v) is 7.20. The summed E-state index contributed by atoms with van der Waals surface area (Å²) < 4.78 is 0. The van der Waals surface area contributed by atoms with E-state index < -0.39 is 5.60 Å². The second kappa shape index (κ2) is 5.41. The zero-order valence-corrected chi connectivity index (χ0v) is 11.8. The van der Waals surface area contributed by atoms with Crippen molar-refractivity contribution in [3.63, 3.8) is 0 Å². The minimum Gasteiger partial charge on any atom is -0.384 e. The molecule has 1 aromatic rings. The van der Waals surface area contributed by atoms with Crippen molar-refractivity contribution < 1.29 is 10.0 Å². The average Bonchev–Trinajstić information content (AvgIpc) is 2.37. The zero-order valence-electron chi connectivity index (χ0n) is 11.8. The molecule has 1 aromatic carbocycles. The molecule has 1 saturated heterocycles. The summed E-state index contributed by atoms with van der Waals surface area (Å²) in [6, 6.07) is 10.7. The fraction of sp³-hybridized carbons (Fsp3) is 0.625. The number of hydrogen-bond donors (Lipinski definition) is 2. The van der Waals surface area contributed by atoms with Gasteiger partial charge in [-0.1, -0.05) is 44.2 Å². The molecule has 2 N–H and O–H groups in total. The van der Waals surface area contributed by atoms with Gasteiger partial charge >= 0.3 is 0 Å². The molecule has 100 valence electrons. The lowest BCUT2D eigenvalue weighted by Gasteiger charge is -2.44. The standard InChI is InChI=1S/C16H25NO/c1-4-10-17-12-13(2)16(18,11-14(17)3)15-8-6-5-7-9-15/h5-9,13-14,18H,4,10-12H2,1-3H3/p+1/t13-,14-,16-/m0/s1. The van der Waals surface area contributed by atoms with Crippen molar-refractivity contribution in [3.05, 3.63) is 35.9 Å². The van der Waals surface area contributed by atoms with Gasteiger partial charge in [-0.15, -0.1) is 0 Å². The molecule has 4 atom stereocenters. The Labute approximate surface area is 111 Å². The van der Waals surface area contributed by atoms with Crippen LogP contribution in [0, 0.1) is 5.92 Å². The average molecular weight is 248 g/mol. The molecule has 0 amide bonds. The third kappa shape index (κ3) is 2.45. The molecule has 1 fully saturated rings. The van der Waals surface area contributed by atoms with Crippen LogP contribution in [0.2, 0.25) is 0 Å².